The normalized spacial score (nSPS) is 14.8. The van der Waals surface area contributed by atoms with Gasteiger partial charge in [0.25, 0.3) is 0 Å². The predicted molar refractivity (Wildman–Crippen MR) is 66.7 cm³/mol. The molecule has 1 atom stereocenters. The fraction of sp³-hybridized carbons (Fsp3) is 0.286. The van der Waals surface area contributed by atoms with Crippen LogP contribution in [0.3, 0.4) is 0 Å². The Morgan fingerprint density at radius 2 is 2.00 bits per heavy atom. The molecule has 1 aliphatic heterocycles. The first-order valence-electron chi connectivity index (χ1n) is 6.01. The van der Waals surface area contributed by atoms with Gasteiger partial charge in [-0.05, 0) is 29.8 Å². The molecule has 0 saturated carbocycles. The highest BCUT2D eigenvalue weighted by molar-refractivity contribution is 5.46. The van der Waals surface area contributed by atoms with E-state index >= 15 is 0 Å². The highest BCUT2D eigenvalue weighted by Crippen LogP contribution is 2.35. The molecule has 0 spiro atoms. The Hall–Kier alpha value is -1.94. The Balaban J connectivity index is 1.89. The summed E-state index contributed by atoms with van der Waals surface area (Å²) in [7, 11) is 0. The lowest BCUT2D eigenvalue weighted by molar-refractivity contribution is 0.174. The van der Waals surface area contributed by atoms with Gasteiger partial charge in [-0.25, -0.2) is 0 Å². The van der Waals surface area contributed by atoms with Crippen LogP contribution in [0.25, 0.3) is 0 Å². The van der Waals surface area contributed by atoms with E-state index in [1.807, 2.05) is 30.3 Å². The maximum Gasteiger partial charge on any atom is 0.231 e. The van der Waals surface area contributed by atoms with Crippen LogP contribution in [0.2, 0.25) is 0 Å². The fourth-order valence-corrected chi connectivity index (χ4v) is 2.02. The van der Waals surface area contributed by atoms with E-state index in [2.05, 4.69) is 6.92 Å². The molecule has 0 fully saturated rings. The van der Waals surface area contributed by atoms with Crippen LogP contribution in [-0.2, 0) is 6.42 Å². The zero-order valence-electron chi connectivity index (χ0n) is 10.2. The van der Waals surface area contributed by atoms with Crippen molar-refractivity contribution >= 4 is 0 Å². The molecule has 3 rings (SSSR count). The minimum absolute atomic E-state index is 0.273. The first kappa shape index (κ1) is 11.2. The minimum atomic E-state index is -0.278. The van der Waals surface area contributed by atoms with Gasteiger partial charge in [0.05, 0.1) is 6.04 Å². The second-order valence-electron chi connectivity index (χ2n) is 4.25. The van der Waals surface area contributed by atoms with Crippen LogP contribution in [0.1, 0.15) is 30.0 Å². The second-order valence-corrected chi connectivity index (χ2v) is 4.25. The van der Waals surface area contributed by atoms with Gasteiger partial charge in [0.2, 0.25) is 6.79 Å². The smallest absolute Gasteiger partial charge is 0.231 e. The average Bonchev–Trinajstić information content (AvgIpc) is 3.05. The number of ether oxygens (including phenoxy) is 2. The lowest BCUT2D eigenvalue weighted by Crippen LogP contribution is -2.10. The number of furan rings is 1. The molecule has 0 bridgehead atoms. The van der Waals surface area contributed by atoms with Gasteiger partial charge in [0, 0.05) is 6.42 Å². The fourth-order valence-electron chi connectivity index (χ4n) is 2.02. The number of benzene rings is 1. The van der Waals surface area contributed by atoms with E-state index in [0.717, 1.165) is 35.0 Å². The maximum absolute atomic E-state index is 6.19. The summed E-state index contributed by atoms with van der Waals surface area (Å²) in [6.07, 6.45) is 0.869. The van der Waals surface area contributed by atoms with Crippen LogP contribution >= 0.6 is 0 Å². The number of hydrogen-bond acceptors (Lipinski definition) is 4. The third-order valence-electron chi connectivity index (χ3n) is 3.09. The van der Waals surface area contributed by atoms with E-state index in [1.165, 1.54) is 0 Å². The predicted octanol–water partition coefficient (Wildman–Crippen LogP) is 2.62. The summed E-state index contributed by atoms with van der Waals surface area (Å²) in [5, 5.41) is 0. The number of rotatable bonds is 3. The molecule has 1 unspecified atom stereocenters. The Labute approximate surface area is 105 Å². The average molecular weight is 245 g/mol. The Morgan fingerprint density at radius 3 is 2.78 bits per heavy atom. The summed E-state index contributed by atoms with van der Waals surface area (Å²) in [5.41, 5.74) is 7.14. The molecule has 2 heterocycles. The van der Waals surface area contributed by atoms with Crippen molar-refractivity contribution < 1.29 is 13.9 Å². The molecule has 1 aromatic heterocycles. The van der Waals surface area contributed by atoms with E-state index in [9.17, 15) is 0 Å². The Bertz CT molecular complexity index is 562. The van der Waals surface area contributed by atoms with Crippen molar-refractivity contribution in [2.24, 2.45) is 5.73 Å². The highest BCUT2D eigenvalue weighted by Gasteiger charge is 2.18. The van der Waals surface area contributed by atoms with E-state index in [-0.39, 0.29) is 12.8 Å². The molecule has 0 amide bonds. The highest BCUT2D eigenvalue weighted by atomic mass is 16.7. The number of hydrogen-bond donors (Lipinski definition) is 1. The molecule has 18 heavy (non-hydrogen) atoms. The van der Waals surface area contributed by atoms with Crippen molar-refractivity contribution in [2.75, 3.05) is 6.79 Å². The van der Waals surface area contributed by atoms with E-state index in [4.69, 9.17) is 19.6 Å². The molecule has 4 nitrogen and oxygen atoms in total. The SMILES string of the molecule is CCc1ccc(C(N)c2ccc3c(c2)OCO3)o1. The summed E-state index contributed by atoms with van der Waals surface area (Å²) in [6, 6.07) is 9.32. The second kappa shape index (κ2) is 4.38. The van der Waals surface area contributed by atoms with Crippen molar-refractivity contribution in [3.63, 3.8) is 0 Å². The monoisotopic (exact) mass is 245 g/mol. The van der Waals surface area contributed by atoms with Crippen molar-refractivity contribution in [2.45, 2.75) is 19.4 Å². The largest absolute Gasteiger partial charge is 0.464 e. The molecule has 94 valence electrons. The lowest BCUT2D eigenvalue weighted by Gasteiger charge is -2.09. The molecule has 4 heteroatoms. The van der Waals surface area contributed by atoms with Crippen molar-refractivity contribution in [1.82, 2.24) is 0 Å². The maximum atomic E-state index is 6.19. The number of aryl methyl sites for hydroxylation is 1. The van der Waals surface area contributed by atoms with Crippen LogP contribution in [0.4, 0.5) is 0 Å². The molecule has 1 aliphatic rings. The van der Waals surface area contributed by atoms with E-state index in [0.29, 0.717) is 0 Å². The molecular formula is C14H15NO3. The molecule has 0 aliphatic carbocycles. The molecule has 0 radical (unpaired) electrons. The molecule has 2 aromatic rings. The van der Waals surface area contributed by atoms with Crippen LogP contribution in [0, 0.1) is 0 Å². The lowest BCUT2D eigenvalue weighted by atomic mass is 10.1. The quantitative estimate of drug-likeness (QED) is 0.903. The third-order valence-corrected chi connectivity index (χ3v) is 3.09. The molecule has 1 aromatic carbocycles. The van der Waals surface area contributed by atoms with Gasteiger partial charge in [-0.3, -0.25) is 0 Å². The van der Waals surface area contributed by atoms with Gasteiger partial charge < -0.3 is 19.6 Å². The Morgan fingerprint density at radius 1 is 1.17 bits per heavy atom. The number of nitrogens with two attached hydrogens (primary N) is 1. The molecular weight excluding hydrogens is 230 g/mol. The Kier molecular flexibility index (Phi) is 2.72. The zero-order valence-corrected chi connectivity index (χ0v) is 10.2. The zero-order chi connectivity index (χ0) is 12.5. The summed E-state index contributed by atoms with van der Waals surface area (Å²) in [5.74, 6) is 3.22. The van der Waals surface area contributed by atoms with Crippen LogP contribution < -0.4 is 15.2 Å². The third kappa shape index (κ3) is 1.84. The van der Waals surface area contributed by atoms with Crippen molar-refractivity contribution in [1.29, 1.82) is 0 Å². The molecule has 0 saturated heterocycles. The van der Waals surface area contributed by atoms with Crippen molar-refractivity contribution in [3.05, 3.63) is 47.4 Å². The standard InChI is InChI=1S/C14H15NO3/c1-2-10-4-6-12(18-10)14(15)9-3-5-11-13(7-9)17-8-16-11/h3-7,14H,2,8,15H2,1H3. The minimum Gasteiger partial charge on any atom is -0.464 e. The van der Waals surface area contributed by atoms with E-state index < -0.39 is 0 Å². The molecule has 2 N–H and O–H groups in total. The topological polar surface area (TPSA) is 57.6 Å². The number of fused-ring (bicyclic) bond motifs is 1. The van der Waals surface area contributed by atoms with Crippen LogP contribution in [0.5, 0.6) is 11.5 Å². The van der Waals surface area contributed by atoms with Gasteiger partial charge in [-0.1, -0.05) is 13.0 Å². The van der Waals surface area contributed by atoms with Crippen molar-refractivity contribution in [3.8, 4) is 11.5 Å². The van der Waals surface area contributed by atoms with Gasteiger partial charge in [-0.2, -0.15) is 0 Å². The van der Waals surface area contributed by atoms with Crippen LogP contribution in [0.15, 0.2) is 34.7 Å². The first-order chi connectivity index (χ1) is 8.78. The summed E-state index contributed by atoms with van der Waals surface area (Å²) < 4.78 is 16.3. The first-order valence-corrected chi connectivity index (χ1v) is 6.01. The summed E-state index contributed by atoms with van der Waals surface area (Å²) in [4.78, 5) is 0. The van der Waals surface area contributed by atoms with Gasteiger partial charge in [0.15, 0.2) is 11.5 Å². The summed E-state index contributed by atoms with van der Waals surface area (Å²) in [6.45, 7) is 2.32. The van der Waals surface area contributed by atoms with Gasteiger partial charge >= 0.3 is 0 Å². The van der Waals surface area contributed by atoms with Gasteiger partial charge in [0.1, 0.15) is 11.5 Å². The van der Waals surface area contributed by atoms with Crippen LogP contribution in [-0.4, -0.2) is 6.79 Å². The van der Waals surface area contributed by atoms with E-state index in [1.54, 1.807) is 0 Å². The summed E-state index contributed by atoms with van der Waals surface area (Å²) >= 11 is 0. The van der Waals surface area contributed by atoms with Gasteiger partial charge in [-0.15, -0.1) is 0 Å².